The summed E-state index contributed by atoms with van der Waals surface area (Å²) in [6, 6.07) is 13.4. The van der Waals surface area contributed by atoms with Crippen molar-refractivity contribution in [2.75, 3.05) is 19.1 Å². The number of thioether (sulfide) groups is 1. The van der Waals surface area contributed by atoms with Crippen LogP contribution >= 0.6 is 11.8 Å². The van der Waals surface area contributed by atoms with Crippen LogP contribution in [0.5, 0.6) is 5.75 Å². The fourth-order valence-electron chi connectivity index (χ4n) is 4.17. The predicted octanol–water partition coefficient (Wildman–Crippen LogP) is 5.11. The number of hydrogen-bond acceptors (Lipinski definition) is 4. The van der Waals surface area contributed by atoms with Crippen molar-refractivity contribution in [2.45, 2.75) is 43.5 Å². The van der Waals surface area contributed by atoms with Gasteiger partial charge in [0.05, 0.1) is 17.7 Å². The van der Waals surface area contributed by atoms with Crippen molar-refractivity contribution in [3.63, 3.8) is 0 Å². The minimum Gasteiger partial charge on any atom is -0.497 e. The molecule has 31 heavy (non-hydrogen) atoms. The van der Waals surface area contributed by atoms with Gasteiger partial charge in [-0.1, -0.05) is 43.7 Å². The zero-order chi connectivity index (χ0) is 22.0. The van der Waals surface area contributed by atoms with Crippen molar-refractivity contribution in [3.05, 3.63) is 58.5 Å². The molecular weight excluding hydrogens is 408 g/mol. The summed E-state index contributed by atoms with van der Waals surface area (Å²) >= 11 is 1.44. The molecule has 1 aliphatic carbocycles. The van der Waals surface area contributed by atoms with E-state index in [1.165, 1.54) is 18.2 Å². The fraction of sp³-hybridized carbons (Fsp3) is 0.360. The second-order valence-electron chi connectivity index (χ2n) is 8.27. The minimum absolute atomic E-state index is 0.0630. The number of likely N-dealkylation sites (N-methyl/N-ethyl adjacent to an activating group) is 1. The molecule has 0 saturated heterocycles. The number of carbonyl (C=O) groups is 2. The zero-order valence-electron chi connectivity index (χ0n) is 18.2. The normalized spacial score (nSPS) is 22.2. The number of hydrogen-bond donors (Lipinski definition) is 1. The molecule has 2 amide bonds. The van der Waals surface area contributed by atoms with Gasteiger partial charge in [-0.25, -0.2) is 0 Å². The standard InChI is InChI=1S/C25H28N2O3S/c1-16-6-4-5-7-20(16)26-24(28)18-10-13-22-21(15-18)27(2)25(29)23(31-22)14-17-8-11-19(30-3)12-9-17/h8-16,20H,4-7H2,1-3H3,(H,26,28). The summed E-state index contributed by atoms with van der Waals surface area (Å²) in [5.74, 6) is 1.14. The van der Waals surface area contributed by atoms with Gasteiger partial charge in [0.2, 0.25) is 0 Å². The molecule has 5 nitrogen and oxygen atoms in total. The molecule has 1 fully saturated rings. The van der Waals surface area contributed by atoms with E-state index in [9.17, 15) is 9.59 Å². The maximum absolute atomic E-state index is 13.0. The molecule has 1 N–H and O–H groups in total. The van der Waals surface area contributed by atoms with Crippen LogP contribution in [0.2, 0.25) is 0 Å². The highest BCUT2D eigenvalue weighted by molar-refractivity contribution is 8.04. The van der Waals surface area contributed by atoms with Gasteiger partial charge >= 0.3 is 0 Å². The van der Waals surface area contributed by atoms with Crippen LogP contribution in [0.3, 0.4) is 0 Å². The van der Waals surface area contributed by atoms with E-state index in [0.29, 0.717) is 16.4 Å². The molecule has 162 valence electrons. The Hall–Kier alpha value is -2.73. The molecule has 0 aromatic heterocycles. The minimum atomic E-state index is -0.0771. The molecule has 1 aliphatic heterocycles. The SMILES string of the molecule is COc1ccc(C=C2Sc3ccc(C(=O)NC4CCCCC4C)cc3N(C)C2=O)cc1. The largest absolute Gasteiger partial charge is 0.497 e. The van der Waals surface area contributed by atoms with Crippen molar-refractivity contribution in [1.29, 1.82) is 0 Å². The van der Waals surface area contributed by atoms with E-state index in [1.54, 1.807) is 19.1 Å². The highest BCUT2D eigenvalue weighted by Crippen LogP contribution is 2.42. The van der Waals surface area contributed by atoms with Crippen molar-refractivity contribution in [1.82, 2.24) is 5.32 Å². The third-order valence-corrected chi connectivity index (χ3v) is 7.24. The molecule has 2 unspecified atom stereocenters. The summed E-state index contributed by atoms with van der Waals surface area (Å²) in [5.41, 5.74) is 2.30. The van der Waals surface area contributed by atoms with E-state index in [2.05, 4.69) is 12.2 Å². The van der Waals surface area contributed by atoms with E-state index in [1.807, 2.05) is 48.5 Å². The summed E-state index contributed by atoms with van der Waals surface area (Å²) in [6.07, 6.45) is 6.48. The first kappa shape index (κ1) is 21.5. The van der Waals surface area contributed by atoms with Gasteiger partial charge in [0.15, 0.2) is 0 Å². The second-order valence-corrected chi connectivity index (χ2v) is 9.36. The van der Waals surface area contributed by atoms with Gasteiger partial charge in [-0.3, -0.25) is 9.59 Å². The van der Waals surface area contributed by atoms with Crippen molar-refractivity contribution in [2.24, 2.45) is 5.92 Å². The Balaban J connectivity index is 1.54. The first-order chi connectivity index (χ1) is 15.0. The molecule has 1 saturated carbocycles. The van der Waals surface area contributed by atoms with Crippen LogP contribution in [-0.4, -0.2) is 32.0 Å². The fourth-order valence-corrected chi connectivity index (χ4v) is 5.26. The number of nitrogens with one attached hydrogen (secondary N) is 1. The van der Waals surface area contributed by atoms with E-state index < -0.39 is 0 Å². The number of carbonyl (C=O) groups excluding carboxylic acids is 2. The number of rotatable bonds is 4. The third kappa shape index (κ3) is 4.64. The summed E-state index contributed by atoms with van der Waals surface area (Å²) in [7, 11) is 3.39. The molecule has 2 aromatic carbocycles. The second kappa shape index (κ2) is 9.18. The lowest BCUT2D eigenvalue weighted by atomic mass is 9.86. The van der Waals surface area contributed by atoms with Crippen LogP contribution in [0, 0.1) is 5.92 Å². The monoisotopic (exact) mass is 436 g/mol. The van der Waals surface area contributed by atoms with Gasteiger partial charge in [-0.05, 0) is 60.7 Å². The summed E-state index contributed by atoms with van der Waals surface area (Å²) < 4.78 is 5.19. The van der Waals surface area contributed by atoms with Crippen molar-refractivity contribution in [3.8, 4) is 5.75 Å². The van der Waals surface area contributed by atoms with Gasteiger partial charge in [0.1, 0.15) is 5.75 Å². The molecule has 6 heteroatoms. The predicted molar refractivity (Wildman–Crippen MR) is 126 cm³/mol. The van der Waals surface area contributed by atoms with E-state index in [0.717, 1.165) is 41.2 Å². The molecule has 1 heterocycles. The number of anilines is 1. The van der Waals surface area contributed by atoms with Crippen molar-refractivity contribution >= 4 is 35.3 Å². The summed E-state index contributed by atoms with van der Waals surface area (Å²) in [5, 5.41) is 3.20. The van der Waals surface area contributed by atoms with Crippen LogP contribution in [0.1, 0.15) is 48.5 Å². The lowest BCUT2D eigenvalue weighted by molar-refractivity contribution is -0.114. The third-order valence-electron chi connectivity index (χ3n) is 6.16. The smallest absolute Gasteiger partial charge is 0.264 e. The molecule has 0 bridgehead atoms. The molecular formula is C25H28N2O3S. The number of methoxy groups -OCH3 is 1. The first-order valence-electron chi connectivity index (χ1n) is 10.7. The number of fused-ring (bicyclic) bond motifs is 1. The Bertz CT molecular complexity index is 1020. The van der Waals surface area contributed by atoms with Crippen LogP contribution in [-0.2, 0) is 4.79 Å². The van der Waals surface area contributed by atoms with Gasteiger partial charge in [0, 0.05) is 23.5 Å². The van der Waals surface area contributed by atoms with Gasteiger partial charge in [0.25, 0.3) is 11.8 Å². The average Bonchev–Trinajstić information content (AvgIpc) is 2.79. The average molecular weight is 437 g/mol. The number of benzene rings is 2. The lowest BCUT2D eigenvalue weighted by Gasteiger charge is -2.30. The highest BCUT2D eigenvalue weighted by Gasteiger charge is 2.28. The highest BCUT2D eigenvalue weighted by atomic mass is 32.2. The molecule has 2 atom stereocenters. The van der Waals surface area contributed by atoms with Gasteiger partial charge in [-0.15, -0.1) is 0 Å². The van der Waals surface area contributed by atoms with Crippen LogP contribution < -0.4 is 15.0 Å². The Labute approximate surface area is 187 Å². The van der Waals surface area contributed by atoms with E-state index >= 15 is 0 Å². The lowest BCUT2D eigenvalue weighted by Crippen LogP contribution is -2.41. The Kier molecular flexibility index (Phi) is 6.37. The van der Waals surface area contributed by atoms with Crippen LogP contribution in [0.25, 0.3) is 6.08 Å². The van der Waals surface area contributed by atoms with Crippen molar-refractivity contribution < 1.29 is 14.3 Å². The Morgan fingerprint density at radius 2 is 1.90 bits per heavy atom. The summed E-state index contributed by atoms with van der Waals surface area (Å²) in [6.45, 7) is 2.21. The number of nitrogens with zero attached hydrogens (tertiary/aromatic N) is 1. The van der Waals surface area contributed by atoms with E-state index in [4.69, 9.17) is 4.74 Å². The molecule has 2 aromatic rings. The van der Waals surface area contributed by atoms with Crippen LogP contribution in [0.4, 0.5) is 5.69 Å². The van der Waals surface area contributed by atoms with Gasteiger partial charge < -0.3 is 15.0 Å². The first-order valence-corrected chi connectivity index (χ1v) is 11.5. The topological polar surface area (TPSA) is 58.6 Å². The molecule has 0 spiro atoms. The van der Waals surface area contributed by atoms with E-state index in [-0.39, 0.29) is 17.9 Å². The molecule has 0 radical (unpaired) electrons. The summed E-state index contributed by atoms with van der Waals surface area (Å²) in [4.78, 5) is 29.1. The molecule has 2 aliphatic rings. The zero-order valence-corrected chi connectivity index (χ0v) is 19.0. The maximum Gasteiger partial charge on any atom is 0.264 e. The number of ether oxygens (including phenoxy) is 1. The van der Waals surface area contributed by atoms with Gasteiger partial charge in [-0.2, -0.15) is 0 Å². The number of amides is 2. The maximum atomic E-state index is 13.0. The molecule has 4 rings (SSSR count). The Morgan fingerprint density at radius 1 is 1.16 bits per heavy atom. The quantitative estimate of drug-likeness (QED) is 0.677. The Morgan fingerprint density at radius 3 is 2.61 bits per heavy atom. The van der Waals surface area contributed by atoms with Crippen LogP contribution in [0.15, 0.2) is 52.3 Å².